The minimum atomic E-state index is 0.357. The molecule has 0 saturated carbocycles. The molecular formula is C15H21O. The predicted octanol–water partition coefficient (Wildman–Crippen LogP) is 4.08. The molecular weight excluding hydrogens is 196 g/mol. The summed E-state index contributed by atoms with van der Waals surface area (Å²) in [5, 5.41) is 0. The van der Waals surface area contributed by atoms with Crippen LogP contribution < -0.4 is 0 Å². The number of rotatable bonds is 6. The molecule has 0 heterocycles. The van der Waals surface area contributed by atoms with Gasteiger partial charge in [0.2, 0.25) is 0 Å². The van der Waals surface area contributed by atoms with Crippen molar-refractivity contribution >= 4 is 0 Å². The molecule has 16 heavy (non-hydrogen) atoms. The lowest BCUT2D eigenvalue weighted by Gasteiger charge is -2.12. The van der Waals surface area contributed by atoms with Gasteiger partial charge in [-0.15, -0.1) is 0 Å². The van der Waals surface area contributed by atoms with Crippen molar-refractivity contribution < 1.29 is 4.74 Å². The first-order valence-corrected chi connectivity index (χ1v) is 6.40. The van der Waals surface area contributed by atoms with Gasteiger partial charge in [0.05, 0.1) is 6.10 Å². The highest BCUT2D eigenvalue weighted by Gasteiger charge is 2.21. The highest BCUT2D eigenvalue weighted by Crippen LogP contribution is 2.33. The Hall–Kier alpha value is -0.820. The molecule has 1 aliphatic rings. The van der Waals surface area contributed by atoms with Gasteiger partial charge in [0.25, 0.3) is 0 Å². The molecule has 1 aromatic carbocycles. The number of fused-ring (bicyclic) bond motifs is 1. The van der Waals surface area contributed by atoms with Gasteiger partial charge < -0.3 is 4.74 Å². The minimum Gasteiger partial charge on any atom is -0.374 e. The Balaban J connectivity index is 1.76. The second-order valence-electron chi connectivity index (χ2n) is 4.51. The number of hydrogen-bond acceptors (Lipinski definition) is 1. The SMILES string of the molecule is [CH2]CCCCCOC1CCc2ccccc21. The number of aryl methyl sites for hydroxylation is 1. The van der Waals surface area contributed by atoms with Crippen LogP contribution in [-0.4, -0.2) is 6.61 Å². The van der Waals surface area contributed by atoms with Crippen LogP contribution in [0.15, 0.2) is 24.3 Å². The van der Waals surface area contributed by atoms with Crippen LogP contribution in [0, 0.1) is 6.92 Å². The van der Waals surface area contributed by atoms with Crippen molar-refractivity contribution in [2.24, 2.45) is 0 Å². The topological polar surface area (TPSA) is 9.23 Å². The molecule has 1 radical (unpaired) electrons. The van der Waals surface area contributed by atoms with E-state index in [0.29, 0.717) is 6.10 Å². The lowest BCUT2D eigenvalue weighted by Crippen LogP contribution is -2.01. The fourth-order valence-electron chi connectivity index (χ4n) is 2.37. The Morgan fingerprint density at radius 2 is 2.06 bits per heavy atom. The maximum Gasteiger partial charge on any atom is 0.0830 e. The number of hydrogen-bond donors (Lipinski definition) is 0. The third-order valence-corrected chi connectivity index (χ3v) is 3.29. The molecule has 1 heteroatoms. The Labute approximate surface area is 98.8 Å². The smallest absolute Gasteiger partial charge is 0.0830 e. The normalized spacial score (nSPS) is 18.7. The molecule has 1 nitrogen and oxygen atoms in total. The molecule has 0 saturated heterocycles. The van der Waals surface area contributed by atoms with Crippen molar-refractivity contribution in [1.29, 1.82) is 0 Å². The number of unbranched alkanes of at least 4 members (excludes halogenated alkanes) is 3. The summed E-state index contributed by atoms with van der Waals surface area (Å²) in [5.74, 6) is 0. The Bertz CT molecular complexity index is 319. The van der Waals surface area contributed by atoms with E-state index in [1.807, 2.05) is 0 Å². The van der Waals surface area contributed by atoms with Crippen LogP contribution in [0.1, 0.15) is 49.3 Å². The molecule has 0 aliphatic heterocycles. The molecule has 0 fully saturated rings. The zero-order valence-electron chi connectivity index (χ0n) is 9.95. The second kappa shape index (κ2) is 6.05. The molecule has 0 bridgehead atoms. The van der Waals surface area contributed by atoms with Crippen molar-refractivity contribution in [3.05, 3.63) is 42.3 Å². The summed E-state index contributed by atoms with van der Waals surface area (Å²) < 4.78 is 5.96. The van der Waals surface area contributed by atoms with Crippen LogP contribution in [-0.2, 0) is 11.2 Å². The highest BCUT2D eigenvalue weighted by molar-refractivity contribution is 5.33. The number of ether oxygens (including phenoxy) is 1. The largest absolute Gasteiger partial charge is 0.374 e. The van der Waals surface area contributed by atoms with Gasteiger partial charge in [-0.3, -0.25) is 0 Å². The van der Waals surface area contributed by atoms with Gasteiger partial charge in [0.15, 0.2) is 0 Å². The van der Waals surface area contributed by atoms with Crippen molar-refractivity contribution in [3.63, 3.8) is 0 Å². The van der Waals surface area contributed by atoms with E-state index in [-0.39, 0.29) is 0 Å². The van der Waals surface area contributed by atoms with Crippen LogP contribution in [0.3, 0.4) is 0 Å². The minimum absolute atomic E-state index is 0.357. The summed E-state index contributed by atoms with van der Waals surface area (Å²) in [7, 11) is 0. The molecule has 87 valence electrons. The summed E-state index contributed by atoms with van der Waals surface area (Å²) in [5.41, 5.74) is 2.89. The van der Waals surface area contributed by atoms with Crippen LogP contribution in [0.5, 0.6) is 0 Å². The lowest BCUT2D eigenvalue weighted by molar-refractivity contribution is 0.0513. The van der Waals surface area contributed by atoms with Gasteiger partial charge in [-0.25, -0.2) is 0 Å². The maximum atomic E-state index is 5.96. The fourth-order valence-corrected chi connectivity index (χ4v) is 2.37. The second-order valence-corrected chi connectivity index (χ2v) is 4.51. The van der Waals surface area contributed by atoms with Crippen LogP contribution in [0.2, 0.25) is 0 Å². The highest BCUT2D eigenvalue weighted by atomic mass is 16.5. The van der Waals surface area contributed by atoms with Gasteiger partial charge in [-0.05, 0) is 30.4 Å². The Kier molecular flexibility index (Phi) is 4.41. The molecule has 0 spiro atoms. The molecule has 0 amide bonds. The Morgan fingerprint density at radius 3 is 2.94 bits per heavy atom. The monoisotopic (exact) mass is 217 g/mol. The average molecular weight is 217 g/mol. The van der Waals surface area contributed by atoms with Gasteiger partial charge in [-0.1, -0.05) is 50.5 Å². The molecule has 0 aromatic heterocycles. The number of benzene rings is 1. The van der Waals surface area contributed by atoms with E-state index < -0.39 is 0 Å². The fraction of sp³-hybridized carbons (Fsp3) is 0.533. The van der Waals surface area contributed by atoms with E-state index in [1.54, 1.807) is 0 Å². The van der Waals surface area contributed by atoms with Crippen LogP contribution in [0.4, 0.5) is 0 Å². The first kappa shape index (κ1) is 11.7. The summed E-state index contributed by atoms with van der Waals surface area (Å²) >= 11 is 0. The molecule has 0 N–H and O–H groups in total. The standard InChI is InChI=1S/C15H21O/c1-2-3-4-7-12-16-15-11-10-13-8-5-6-9-14(13)15/h5-6,8-9,15H,1-4,7,10-12H2. The molecule has 1 aromatic rings. The quantitative estimate of drug-likeness (QED) is 0.652. The van der Waals surface area contributed by atoms with Gasteiger partial charge in [0.1, 0.15) is 0 Å². The van der Waals surface area contributed by atoms with Gasteiger partial charge in [0, 0.05) is 6.61 Å². The molecule has 1 aliphatic carbocycles. The summed E-state index contributed by atoms with van der Waals surface area (Å²) in [4.78, 5) is 0. The average Bonchev–Trinajstić information content (AvgIpc) is 2.73. The zero-order valence-corrected chi connectivity index (χ0v) is 9.95. The van der Waals surface area contributed by atoms with Crippen molar-refractivity contribution in [2.45, 2.75) is 44.6 Å². The van der Waals surface area contributed by atoms with Crippen LogP contribution in [0.25, 0.3) is 0 Å². The maximum absolute atomic E-state index is 5.96. The first-order valence-electron chi connectivity index (χ1n) is 6.40. The summed E-state index contributed by atoms with van der Waals surface area (Å²) in [6, 6.07) is 8.67. The molecule has 1 unspecified atom stereocenters. The molecule has 1 atom stereocenters. The van der Waals surface area contributed by atoms with Gasteiger partial charge >= 0.3 is 0 Å². The zero-order chi connectivity index (χ0) is 11.2. The van der Waals surface area contributed by atoms with Crippen molar-refractivity contribution in [1.82, 2.24) is 0 Å². The third kappa shape index (κ3) is 2.85. The lowest BCUT2D eigenvalue weighted by atomic mass is 10.1. The van der Waals surface area contributed by atoms with E-state index in [2.05, 4.69) is 31.2 Å². The van der Waals surface area contributed by atoms with Crippen molar-refractivity contribution in [3.8, 4) is 0 Å². The van der Waals surface area contributed by atoms with Crippen molar-refractivity contribution in [2.75, 3.05) is 6.61 Å². The van der Waals surface area contributed by atoms with E-state index in [9.17, 15) is 0 Å². The third-order valence-electron chi connectivity index (χ3n) is 3.29. The predicted molar refractivity (Wildman–Crippen MR) is 67.3 cm³/mol. The summed E-state index contributed by atoms with van der Waals surface area (Å²) in [6.45, 7) is 4.75. The van der Waals surface area contributed by atoms with Crippen LogP contribution >= 0.6 is 0 Å². The van der Waals surface area contributed by atoms with E-state index >= 15 is 0 Å². The molecule has 2 rings (SSSR count). The first-order chi connectivity index (χ1) is 7.92. The van der Waals surface area contributed by atoms with Gasteiger partial charge in [-0.2, -0.15) is 0 Å². The van der Waals surface area contributed by atoms with E-state index in [0.717, 1.165) is 19.4 Å². The van der Waals surface area contributed by atoms with E-state index in [4.69, 9.17) is 4.74 Å². The Morgan fingerprint density at radius 1 is 1.19 bits per heavy atom. The summed E-state index contributed by atoms with van der Waals surface area (Å²) in [6.07, 6.45) is 7.40. The van der Waals surface area contributed by atoms with E-state index in [1.165, 1.54) is 36.8 Å².